The summed E-state index contributed by atoms with van der Waals surface area (Å²) >= 11 is 0. The largest absolute Gasteiger partial charge is 0.493 e. The minimum Gasteiger partial charge on any atom is -0.493 e. The smallest absolute Gasteiger partial charge is 0.292 e. The third-order valence-electron chi connectivity index (χ3n) is 5.90. The normalized spacial score (nSPS) is 12.6. The second-order valence-corrected chi connectivity index (χ2v) is 8.34. The predicted octanol–water partition coefficient (Wildman–Crippen LogP) is 4.92. The number of para-hydroxylation sites is 2. The summed E-state index contributed by atoms with van der Waals surface area (Å²) in [7, 11) is 0. The Balaban J connectivity index is 1.41. The van der Waals surface area contributed by atoms with Gasteiger partial charge in [0.25, 0.3) is 5.91 Å². The van der Waals surface area contributed by atoms with Gasteiger partial charge in [-0.05, 0) is 49.9 Å². The number of carbonyl (C=O) groups excluding carboxylic acids is 2. The van der Waals surface area contributed by atoms with Crippen LogP contribution in [0.1, 0.15) is 71.1 Å². The summed E-state index contributed by atoms with van der Waals surface area (Å²) in [5.74, 6) is -0.219. The van der Waals surface area contributed by atoms with E-state index in [0.717, 1.165) is 61.7 Å². The molecule has 0 spiro atoms. The van der Waals surface area contributed by atoms with Gasteiger partial charge in [0.15, 0.2) is 5.69 Å². The summed E-state index contributed by atoms with van der Waals surface area (Å²) < 4.78 is 7.65. The van der Waals surface area contributed by atoms with Gasteiger partial charge >= 0.3 is 0 Å². The molecule has 0 bridgehead atoms. The highest BCUT2D eigenvalue weighted by Gasteiger charge is 2.26. The molecule has 4 rings (SSSR count). The van der Waals surface area contributed by atoms with Crippen molar-refractivity contribution in [3.63, 3.8) is 0 Å². The van der Waals surface area contributed by atoms with Crippen molar-refractivity contribution in [1.29, 1.82) is 0 Å². The van der Waals surface area contributed by atoms with E-state index >= 15 is 0 Å². The highest BCUT2D eigenvalue weighted by molar-refractivity contribution is 6.36. The van der Waals surface area contributed by atoms with Gasteiger partial charge in [-0.2, -0.15) is 10.2 Å². The van der Waals surface area contributed by atoms with Gasteiger partial charge in [-0.15, -0.1) is 0 Å². The van der Waals surface area contributed by atoms with E-state index in [0.29, 0.717) is 23.6 Å². The number of benzene rings is 2. The zero-order valence-electron chi connectivity index (χ0n) is 19.5. The second kappa shape index (κ2) is 11.4. The lowest BCUT2D eigenvalue weighted by Gasteiger charge is -2.09. The summed E-state index contributed by atoms with van der Waals surface area (Å²) in [6.45, 7) is 2.72. The number of hydrogen-bond acceptors (Lipinski definition) is 5. The number of hydrogen-bond donors (Lipinski definition) is 1. The van der Waals surface area contributed by atoms with E-state index in [1.54, 1.807) is 18.2 Å². The molecule has 1 aliphatic rings. The maximum atomic E-state index is 12.8. The first kappa shape index (κ1) is 23.4. The Morgan fingerprint density at radius 2 is 1.85 bits per heavy atom. The Morgan fingerprint density at radius 1 is 1.06 bits per heavy atom. The Morgan fingerprint density at radius 3 is 2.68 bits per heavy atom. The molecule has 0 atom stereocenters. The van der Waals surface area contributed by atoms with Gasteiger partial charge in [-0.3, -0.25) is 9.59 Å². The molecule has 0 saturated heterocycles. The molecule has 1 aromatic heterocycles. The zero-order chi connectivity index (χ0) is 23.8. The van der Waals surface area contributed by atoms with Gasteiger partial charge < -0.3 is 4.74 Å². The van der Waals surface area contributed by atoms with Gasteiger partial charge in [0, 0.05) is 11.3 Å². The molecule has 1 heterocycles. The summed E-state index contributed by atoms with van der Waals surface area (Å²) in [4.78, 5) is 25.5. The topological polar surface area (TPSA) is 85.6 Å². The summed E-state index contributed by atoms with van der Waals surface area (Å²) in [5, 5.41) is 8.47. The van der Waals surface area contributed by atoms with Crippen LogP contribution in [0.4, 0.5) is 0 Å². The number of fused-ring (bicyclic) bond motifs is 1. The van der Waals surface area contributed by atoms with Crippen molar-refractivity contribution in [2.75, 3.05) is 6.61 Å². The van der Waals surface area contributed by atoms with E-state index in [4.69, 9.17) is 4.74 Å². The van der Waals surface area contributed by atoms with Crippen LogP contribution >= 0.6 is 0 Å². The fraction of sp³-hybridized carbons (Fsp3) is 0.333. The SMILES string of the molecule is CCCCCCOc1ccccc1C(=O)/C=N/NC(=O)c1nn(-c2ccccc2)c2c1CCC2. The summed E-state index contributed by atoms with van der Waals surface area (Å²) in [5.41, 5.74) is 6.18. The first-order chi connectivity index (χ1) is 16.7. The predicted molar refractivity (Wildman–Crippen MR) is 132 cm³/mol. The Bertz CT molecular complexity index is 1170. The van der Waals surface area contributed by atoms with Crippen LogP contribution in [-0.2, 0) is 12.8 Å². The van der Waals surface area contributed by atoms with Crippen molar-refractivity contribution in [2.45, 2.75) is 51.9 Å². The van der Waals surface area contributed by atoms with Gasteiger partial charge in [-0.1, -0.05) is 56.5 Å². The molecule has 0 fully saturated rings. The van der Waals surface area contributed by atoms with E-state index in [9.17, 15) is 9.59 Å². The van der Waals surface area contributed by atoms with E-state index in [2.05, 4.69) is 22.5 Å². The molecule has 7 nitrogen and oxygen atoms in total. The summed E-state index contributed by atoms with van der Waals surface area (Å²) in [6.07, 6.45) is 8.15. The third kappa shape index (κ3) is 5.42. The zero-order valence-corrected chi connectivity index (χ0v) is 19.5. The second-order valence-electron chi connectivity index (χ2n) is 8.34. The molecule has 0 unspecified atom stereocenters. The maximum absolute atomic E-state index is 12.8. The first-order valence-electron chi connectivity index (χ1n) is 11.9. The molecule has 2 aromatic carbocycles. The average molecular weight is 459 g/mol. The van der Waals surface area contributed by atoms with Gasteiger partial charge in [-0.25, -0.2) is 10.1 Å². The highest BCUT2D eigenvalue weighted by atomic mass is 16.5. The van der Waals surface area contributed by atoms with Crippen LogP contribution in [0.2, 0.25) is 0 Å². The average Bonchev–Trinajstić information content (AvgIpc) is 3.48. The molecule has 176 valence electrons. The number of carbonyl (C=O) groups is 2. The van der Waals surface area contributed by atoms with E-state index in [1.165, 1.54) is 6.42 Å². The monoisotopic (exact) mass is 458 g/mol. The molecule has 1 aliphatic carbocycles. The van der Waals surface area contributed by atoms with Crippen molar-refractivity contribution in [3.8, 4) is 11.4 Å². The lowest BCUT2D eigenvalue weighted by Crippen LogP contribution is -2.21. The van der Waals surface area contributed by atoms with E-state index in [1.807, 2.05) is 41.1 Å². The number of hydrazone groups is 1. The molecular weight excluding hydrogens is 428 g/mol. The molecule has 1 N–H and O–H groups in total. The molecule has 0 aliphatic heterocycles. The van der Waals surface area contributed by atoms with Crippen molar-refractivity contribution in [1.82, 2.24) is 15.2 Å². The number of ketones is 1. The van der Waals surface area contributed by atoms with Crippen LogP contribution in [0.3, 0.4) is 0 Å². The van der Waals surface area contributed by atoms with Crippen molar-refractivity contribution in [3.05, 3.63) is 77.1 Å². The molecular formula is C27H30N4O3. The quantitative estimate of drug-likeness (QED) is 0.191. The van der Waals surface area contributed by atoms with Crippen LogP contribution in [0.25, 0.3) is 5.69 Å². The summed E-state index contributed by atoms with van der Waals surface area (Å²) in [6, 6.07) is 16.9. The van der Waals surface area contributed by atoms with E-state index in [-0.39, 0.29) is 5.78 Å². The Hall–Kier alpha value is -3.74. The molecule has 7 heteroatoms. The molecule has 0 radical (unpaired) electrons. The van der Waals surface area contributed by atoms with Crippen LogP contribution in [-0.4, -0.2) is 34.3 Å². The number of amides is 1. The number of unbranched alkanes of at least 4 members (excludes halogenated alkanes) is 3. The molecule has 1 amide bonds. The van der Waals surface area contributed by atoms with Crippen LogP contribution < -0.4 is 10.2 Å². The minimum atomic E-state index is -0.419. The van der Waals surface area contributed by atoms with E-state index < -0.39 is 5.91 Å². The lowest BCUT2D eigenvalue weighted by atomic mass is 10.1. The number of nitrogens with one attached hydrogen (secondary N) is 1. The first-order valence-corrected chi connectivity index (χ1v) is 11.9. The fourth-order valence-electron chi connectivity index (χ4n) is 4.18. The minimum absolute atomic E-state index is 0.329. The van der Waals surface area contributed by atoms with Gasteiger partial charge in [0.2, 0.25) is 5.78 Å². The number of ether oxygens (including phenoxy) is 1. The standard InChI is InChI=1S/C27H30N4O3/c1-2-3-4-10-18-34-25-17-9-8-14-22(25)24(32)19-28-29-27(33)26-21-15-11-16-23(21)31(30-26)20-12-6-5-7-13-20/h5-9,12-14,17,19H,2-4,10-11,15-16,18H2,1H3,(H,29,33)/b28-19+. The number of aromatic nitrogens is 2. The van der Waals surface area contributed by atoms with Crippen LogP contribution in [0.15, 0.2) is 59.7 Å². The number of Topliss-reactive ketones (excluding diaryl/α,β-unsaturated/α-hetero) is 1. The molecule has 0 saturated carbocycles. The Labute approximate surface area is 199 Å². The van der Waals surface area contributed by atoms with Crippen molar-refractivity contribution in [2.24, 2.45) is 5.10 Å². The van der Waals surface area contributed by atoms with Crippen molar-refractivity contribution >= 4 is 17.9 Å². The highest BCUT2D eigenvalue weighted by Crippen LogP contribution is 2.27. The molecule has 3 aromatic rings. The number of rotatable bonds is 11. The van der Waals surface area contributed by atoms with Gasteiger partial charge in [0.1, 0.15) is 5.75 Å². The van der Waals surface area contributed by atoms with Crippen LogP contribution in [0.5, 0.6) is 5.75 Å². The van der Waals surface area contributed by atoms with Crippen molar-refractivity contribution < 1.29 is 14.3 Å². The molecule has 34 heavy (non-hydrogen) atoms. The third-order valence-corrected chi connectivity index (χ3v) is 5.90. The number of nitrogens with zero attached hydrogens (tertiary/aromatic N) is 3. The fourth-order valence-corrected chi connectivity index (χ4v) is 4.18. The van der Waals surface area contributed by atoms with Crippen LogP contribution in [0, 0.1) is 0 Å². The Kier molecular flexibility index (Phi) is 7.86. The maximum Gasteiger partial charge on any atom is 0.292 e. The lowest BCUT2D eigenvalue weighted by molar-refractivity contribution is 0.0949. The van der Waals surface area contributed by atoms with Gasteiger partial charge in [0.05, 0.1) is 24.1 Å².